The first-order valence-electron chi connectivity index (χ1n) is 11.2. The summed E-state index contributed by atoms with van der Waals surface area (Å²) in [4.78, 5) is 22.8. The molecule has 34 heavy (non-hydrogen) atoms. The lowest BCUT2D eigenvalue weighted by atomic mass is 9.89. The van der Waals surface area contributed by atoms with Crippen molar-refractivity contribution < 1.29 is 18.0 Å². The highest BCUT2D eigenvalue weighted by molar-refractivity contribution is 7.09. The molecule has 0 spiro atoms. The van der Waals surface area contributed by atoms with Gasteiger partial charge in [0.15, 0.2) is 0 Å². The number of carbonyl (C=O) groups excluding carboxylic acids is 1. The Labute approximate surface area is 205 Å². The summed E-state index contributed by atoms with van der Waals surface area (Å²) in [6.07, 6.45) is -1.55. The molecule has 1 amide bonds. The van der Waals surface area contributed by atoms with Crippen molar-refractivity contribution in [2.24, 2.45) is 0 Å². The maximum absolute atomic E-state index is 13.5. The molecule has 1 saturated carbocycles. The first-order chi connectivity index (χ1) is 16.0. The molecule has 1 unspecified atom stereocenters. The third-order valence-electron chi connectivity index (χ3n) is 6.41. The minimum Gasteiger partial charge on any atom is -0.371 e. The molecule has 182 valence electrons. The largest absolute Gasteiger partial charge is 0.433 e. The fourth-order valence-electron chi connectivity index (χ4n) is 4.43. The number of thiazole rings is 1. The standard InChI is InChI=1S/C24H26ClF3N4OS/c1-13-12-34-23(29-13)14(2)22(33)30-16-5-7-17(8-6-16)32(3)20-11-21(24(26,27)28)31-19-9-4-15(25)10-18(19)20/h4,9-12,14,16-17H,5-8H2,1-3H3,(H,30,33)/t14?,16-,17+. The van der Waals surface area contributed by atoms with E-state index >= 15 is 0 Å². The number of benzene rings is 1. The first kappa shape index (κ1) is 24.7. The number of aromatic nitrogens is 2. The Morgan fingerprint density at radius 2 is 1.91 bits per heavy atom. The monoisotopic (exact) mass is 510 g/mol. The van der Waals surface area contributed by atoms with Gasteiger partial charge >= 0.3 is 6.18 Å². The molecule has 10 heteroatoms. The summed E-state index contributed by atoms with van der Waals surface area (Å²) in [5.41, 5.74) is 0.701. The Kier molecular flexibility index (Phi) is 7.05. The van der Waals surface area contributed by atoms with Gasteiger partial charge in [-0.1, -0.05) is 11.6 Å². The summed E-state index contributed by atoms with van der Waals surface area (Å²) < 4.78 is 40.5. The van der Waals surface area contributed by atoms with E-state index in [2.05, 4.69) is 15.3 Å². The highest BCUT2D eigenvalue weighted by Gasteiger charge is 2.35. The first-order valence-corrected chi connectivity index (χ1v) is 12.4. The molecular formula is C24H26ClF3N4OS. The molecule has 0 radical (unpaired) electrons. The van der Waals surface area contributed by atoms with Gasteiger partial charge in [0, 0.05) is 46.3 Å². The molecule has 2 heterocycles. The number of fused-ring (bicyclic) bond motifs is 1. The van der Waals surface area contributed by atoms with E-state index in [4.69, 9.17) is 11.6 Å². The summed E-state index contributed by atoms with van der Waals surface area (Å²) in [7, 11) is 1.81. The number of hydrogen-bond acceptors (Lipinski definition) is 5. The average Bonchev–Trinajstić information content (AvgIpc) is 3.23. The number of anilines is 1. The number of nitrogens with one attached hydrogen (secondary N) is 1. The number of aryl methyl sites for hydroxylation is 1. The SMILES string of the molecule is Cc1csc(C(C)C(=O)N[C@H]2CC[C@@H](N(C)c3cc(C(F)(F)F)nc4ccc(Cl)cc34)CC2)n1. The van der Waals surface area contributed by atoms with Crippen LogP contribution in [0.5, 0.6) is 0 Å². The fraction of sp³-hybridized carbons (Fsp3) is 0.458. The van der Waals surface area contributed by atoms with Gasteiger partial charge in [0.2, 0.25) is 5.91 Å². The van der Waals surface area contributed by atoms with Crippen molar-refractivity contribution in [2.75, 3.05) is 11.9 Å². The lowest BCUT2D eigenvalue weighted by molar-refractivity contribution is -0.140. The molecular weight excluding hydrogens is 485 g/mol. The van der Waals surface area contributed by atoms with Gasteiger partial charge in [-0.3, -0.25) is 4.79 Å². The van der Waals surface area contributed by atoms with Crippen LogP contribution in [0.25, 0.3) is 10.9 Å². The van der Waals surface area contributed by atoms with Gasteiger partial charge in [-0.05, 0) is 63.8 Å². The molecule has 4 rings (SSSR count). The second-order valence-electron chi connectivity index (χ2n) is 8.86. The molecule has 1 aliphatic rings. The normalized spacial score (nSPS) is 19.7. The fourth-order valence-corrected chi connectivity index (χ4v) is 5.45. The highest BCUT2D eigenvalue weighted by atomic mass is 35.5. The highest BCUT2D eigenvalue weighted by Crippen LogP contribution is 2.37. The Hall–Kier alpha value is -2.39. The molecule has 0 saturated heterocycles. The number of amides is 1. The van der Waals surface area contributed by atoms with E-state index in [0.29, 0.717) is 16.1 Å². The number of pyridine rings is 1. The lowest BCUT2D eigenvalue weighted by Gasteiger charge is -2.37. The van der Waals surface area contributed by atoms with Crippen LogP contribution in [0.1, 0.15) is 54.9 Å². The number of hydrogen-bond donors (Lipinski definition) is 1. The van der Waals surface area contributed by atoms with E-state index in [1.807, 2.05) is 31.2 Å². The van der Waals surface area contributed by atoms with Gasteiger partial charge in [-0.15, -0.1) is 11.3 Å². The third-order valence-corrected chi connectivity index (χ3v) is 7.79. The summed E-state index contributed by atoms with van der Waals surface area (Å²) in [5.74, 6) is -0.358. The number of alkyl halides is 3. The van der Waals surface area contributed by atoms with Crippen LogP contribution >= 0.6 is 22.9 Å². The van der Waals surface area contributed by atoms with Crippen molar-refractivity contribution in [2.45, 2.75) is 63.7 Å². The molecule has 1 N–H and O–H groups in total. The predicted molar refractivity (Wildman–Crippen MR) is 130 cm³/mol. The Morgan fingerprint density at radius 1 is 1.21 bits per heavy atom. The van der Waals surface area contributed by atoms with Crippen molar-refractivity contribution in [1.82, 2.24) is 15.3 Å². The van der Waals surface area contributed by atoms with Crippen molar-refractivity contribution in [3.63, 3.8) is 0 Å². The molecule has 1 atom stereocenters. The second kappa shape index (κ2) is 9.70. The quantitative estimate of drug-likeness (QED) is 0.435. The summed E-state index contributed by atoms with van der Waals surface area (Å²) >= 11 is 7.62. The van der Waals surface area contributed by atoms with Crippen LogP contribution in [0.3, 0.4) is 0 Å². The average molecular weight is 511 g/mol. The van der Waals surface area contributed by atoms with Crippen molar-refractivity contribution in [1.29, 1.82) is 0 Å². The third kappa shape index (κ3) is 5.30. The van der Waals surface area contributed by atoms with Crippen LogP contribution in [-0.2, 0) is 11.0 Å². The van der Waals surface area contributed by atoms with Crippen LogP contribution in [0.4, 0.5) is 18.9 Å². The van der Waals surface area contributed by atoms with Gasteiger partial charge in [0.05, 0.1) is 11.4 Å². The van der Waals surface area contributed by atoms with Gasteiger partial charge in [0.25, 0.3) is 0 Å². The van der Waals surface area contributed by atoms with Crippen LogP contribution in [-0.4, -0.2) is 35.0 Å². The zero-order valence-electron chi connectivity index (χ0n) is 19.1. The maximum Gasteiger partial charge on any atom is 0.433 e. The van der Waals surface area contributed by atoms with E-state index in [-0.39, 0.29) is 29.4 Å². The Bertz CT molecular complexity index is 1190. The molecule has 0 aliphatic heterocycles. The van der Waals surface area contributed by atoms with Crippen molar-refractivity contribution in [3.8, 4) is 0 Å². The summed E-state index contributed by atoms with van der Waals surface area (Å²) in [6.45, 7) is 3.75. The molecule has 5 nitrogen and oxygen atoms in total. The molecule has 3 aromatic rings. The molecule has 2 aromatic heterocycles. The van der Waals surface area contributed by atoms with Crippen LogP contribution in [0.2, 0.25) is 5.02 Å². The van der Waals surface area contributed by atoms with Crippen LogP contribution in [0, 0.1) is 6.92 Å². The van der Waals surface area contributed by atoms with Crippen LogP contribution in [0.15, 0.2) is 29.6 Å². The number of nitrogens with zero attached hydrogens (tertiary/aromatic N) is 3. The minimum atomic E-state index is -4.54. The molecule has 1 fully saturated rings. The van der Waals surface area contributed by atoms with Gasteiger partial charge in [0.1, 0.15) is 10.7 Å². The lowest BCUT2D eigenvalue weighted by Crippen LogP contribution is -2.44. The summed E-state index contributed by atoms with van der Waals surface area (Å²) in [6, 6.07) is 5.89. The topological polar surface area (TPSA) is 58.1 Å². The zero-order chi connectivity index (χ0) is 24.6. The van der Waals surface area contributed by atoms with E-state index < -0.39 is 11.9 Å². The predicted octanol–water partition coefficient (Wildman–Crippen LogP) is 6.34. The smallest absolute Gasteiger partial charge is 0.371 e. The zero-order valence-corrected chi connectivity index (χ0v) is 20.7. The number of rotatable bonds is 5. The number of carbonyl (C=O) groups is 1. The Morgan fingerprint density at radius 3 is 2.53 bits per heavy atom. The number of halogens is 4. The molecule has 1 aromatic carbocycles. The van der Waals surface area contributed by atoms with E-state index in [1.165, 1.54) is 17.4 Å². The molecule has 0 bridgehead atoms. The van der Waals surface area contributed by atoms with E-state index in [1.54, 1.807) is 12.1 Å². The van der Waals surface area contributed by atoms with Crippen molar-refractivity contribution >= 4 is 45.4 Å². The second-order valence-corrected chi connectivity index (χ2v) is 10.2. The minimum absolute atomic E-state index is 0.0371. The van der Waals surface area contributed by atoms with E-state index in [9.17, 15) is 18.0 Å². The van der Waals surface area contributed by atoms with E-state index in [0.717, 1.165) is 42.5 Å². The van der Waals surface area contributed by atoms with Crippen molar-refractivity contribution in [3.05, 3.63) is 51.1 Å². The summed E-state index contributed by atoms with van der Waals surface area (Å²) in [5, 5.41) is 6.89. The maximum atomic E-state index is 13.5. The molecule has 1 aliphatic carbocycles. The van der Waals surface area contributed by atoms with Crippen LogP contribution < -0.4 is 10.2 Å². The van der Waals surface area contributed by atoms with Gasteiger partial charge in [-0.25, -0.2) is 9.97 Å². The van der Waals surface area contributed by atoms with Gasteiger partial charge in [-0.2, -0.15) is 13.2 Å². The Balaban J connectivity index is 1.46. The van der Waals surface area contributed by atoms with Gasteiger partial charge < -0.3 is 10.2 Å².